The lowest BCUT2D eigenvalue weighted by Crippen LogP contribution is -2.33. The molecule has 0 spiro atoms. The van der Waals surface area contributed by atoms with Gasteiger partial charge in [0.15, 0.2) is 0 Å². The highest BCUT2D eigenvalue weighted by Crippen LogP contribution is 2.28. The van der Waals surface area contributed by atoms with E-state index in [4.69, 9.17) is 0 Å². The summed E-state index contributed by atoms with van der Waals surface area (Å²) < 4.78 is 0. The zero-order valence-corrected chi connectivity index (χ0v) is 10.3. The fourth-order valence-corrected chi connectivity index (χ4v) is 6.91. The molecule has 1 heteroatoms. The summed E-state index contributed by atoms with van der Waals surface area (Å²) in [6.45, 7) is 9.29. The van der Waals surface area contributed by atoms with E-state index in [1.807, 2.05) is 0 Å². The Kier molecular flexibility index (Phi) is 6.82. The fourth-order valence-electron chi connectivity index (χ4n) is 2.30. The van der Waals surface area contributed by atoms with E-state index in [0.29, 0.717) is 0 Å². The van der Waals surface area contributed by atoms with Crippen LogP contribution in [-0.2, 0) is 0 Å². The summed E-state index contributed by atoms with van der Waals surface area (Å²) in [6.07, 6.45) is 4.16. The minimum absolute atomic E-state index is 0.894. The summed E-state index contributed by atoms with van der Waals surface area (Å²) in [5.41, 5.74) is 0. The van der Waals surface area contributed by atoms with Crippen LogP contribution >= 0.6 is 0 Å². The van der Waals surface area contributed by atoms with Crippen molar-refractivity contribution in [2.45, 2.75) is 65.1 Å². The monoisotopic (exact) mass is 185 g/mol. The van der Waals surface area contributed by atoms with Crippen LogP contribution in [0.5, 0.6) is 0 Å². The summed E-state index contributed by atoms with van der Waals surface area (Å²) >= 11 is 0. The lowest BCUT2D eigenvalue weighted by molar-refractivity contribution is 0.926. The van der Waals surface area contributed by atoms with E-state index < -0.39 is 8.07 Å². The molecule has 73 valence electrons. The molecule has 0 amide bonds. The van der Waals surface area contributed by atoms with Crippen molar-refractivity contribution in [2.24, 2.45) is 0 Å². The second kappa shape index (κ2) is 6.70. The molecule has 0 heterocycles. The third kappa shape index (κ3) is 3.75. The van der Waals surface area contributed by atoms with Gasteiger partial charge in [-0.2, -0.15) is 0 Å². The zero-order valence-electron chi connectivity index (χ0n) is 9.32. The summed E-state index contributed by atoms with van der Waals surface area (Å²) in [6, 6.07) is 7.14. The molecule has 0 saturated heterocycles. The van der Waals surface area contributed by atoms with Crippen LogP contribution in [0.4, 0.5) is 0 Å². The molecule has 0 bridgehead atoms. The Bertz CT molecular complexity index is 82.2. The first kappa shape index (κ1) is 12.2. The molecule has 0 unspecified atom stereocenters. The van der Waals surface area contributed by atoms with Gasteiger partial charge in [0.2, 0.25) is 0 Å². The molecule has 0 N–H and O–H groups in total. The molecule has 0 atom stereocenters. The van der Waals surface area contributed by atoms with E-state index in [2.05, 4.69) is 33.7 Å². The Hall–Kier alpha value is 0.217. The molecule has 0 rings (SSSR count). The van der Waals surface area contributed by atoms with Crippen LogP contribution in [0.1, 0.15) is 47.0 Å². The first-order valence-electron chi connectivity index (χ1n) is 5.55. The third-order valence-electron chi connectivity index (χ3n) is 2.86. The predicted molar refractivity (Wildman–Crippen MR) is 61.0 cm³/mol. The maximum Gasteiger partial charge on any atom is 0.0563 e. The standard InChI is InChI=1S/C11H25Si/c1-5-9-12(8-4,10-6-2)11-7-3/h8H,5-7,9-11H2,1-4H3. The topological polar surface area (TPSA) is 0 Å². The molecule has 0 aliphatic rings. The van der Waals surface area contributed by atoms with Crippen LogP contribution in [0.25, 0.3) is 0 Å². The van der Waals surface area contributed by atoms with E-state index in [0.717, 1.165) is 0 Å². The summed E-state index contributed by atoms with van der Waals surface area (Å²) in [5.74, 6) is 0. The first-order valence-corrected chi connectivity index (χ1v) is 8.25. The van der Waals surface area contributed by atoms with Crippen LogP contribution in [-0.4, -0.2) is 8.07 Å². The summed E-state index contributed by atoms with van der Waals surface area (Å²) in [7, 11) is -0.894. The molecule has 0 saturated carbocycles. The normalized spacial score (nSPS) is 12.0. The molecule has 0 fully saturated rings. The van der Waals surface area contributed by atoms with Crippen molar-refractivity contribution in [3.8, 4) is 0 Å². The zero-order chi connectivity index (χ0) is 9.45. The lowest BCUT2D eigenvalue weighted by atomic mass is 10.5. The summed E-state index contributed by atoms with van der Waals surface area (Å²) in [4.78, 5) is 0. The fraction of sp³-hybridized carbons (Fsp3) is 0.909. The van der Waals surface area contributed by atoms with Crippen molar-refractivity contribution in [3.63, 3.8) is 0 Å². The van der Waals surface area contributed by atoms with Gasteiger partial charge in [-0.3, -0.25) is 0 Å². The smallest absolute Gasteiger partial charge is 0.0563 e. The maximum atomic E-state index is 2.59. The molecule has 0 aromatic heterocycles. The minimum atomic E-state index is -0.894. The predicted octanol–water partition coefficient (Wildman–Crippen LogP) is 4.43. The van der Waals surface area contributed by atoms with Gasteiger partial charge in [-0.05, 0) is 6.04 Å². The van der Waals surface area contributed by atoms with Gasteiger partial charge in [-0.25, -0.2) is 0 Å². The van der Waals surface area contributed by atoms with E-state index in [1.54, 1.807) is 0 Å². The van der Waals surface area contributed by atoms with Crippen LogP contribution < -0.4 is 0 Å². The van der Waals surface area contributed by atoms with Gasteiger partial charge in [-0.15, -0.1) is 0 Å². The second-order valence-corrected chi connectivity index (χ2v) is 8.70. The van der Waals surface area contributed by atoms with Crippen molar-refractivity contribution in [3.05, 3.63) is 6.04 Å². The average molecular weight is 185 g/mol. The minimum Gasteiger partial charge on any atom is -0.0657 e. The Morgan fingerprint density at radius 2 is 1.17 bits per heavy atom. The van der Waals surface area contributed by atoms with Crippen molar-refractivity contribution >= 4 is 8.07 Å². The number of hydrogen-bond donors (Lipinski definition) is 0. The average Bonchev–Trinajstić information content (AvgIpc) is 2.06. The van der Waals surface area contributed by atoms with Gasteiger partial charge in [0, 0.05) is 0 Å². The quantitative estimate of drug-likeness (QED) is 0.515. The van der Waals surface area contributed by atoms with Crippen LogP contribution in [0.3, 0.4) is 0 Å². The van der Waals surface area contributed by atoms with Crippen LogP contribution in [0, 0.1) is 6.04 Å². The largest absolute Gasteiger partial charge is 0.0657 e. The number of rotatable bonds is 7. The van der Waals surface area contributed by atoms with E-state index >= 15 is 0 Å². The van der Waals surface area contributed by atoms with Gasteiger partial charge < -0.3 is 0 Å². The first-order chi connectivity index (χ1) is 5.74. The Morgan fingerprint density at radius 3 is 1.33 bits per heavy atom. The molecule has 0 nitrogen and oxygen atoms in total. The van der Waals surface area contributed by atoms with Crippen molar-refractivity contribution in [1.29, 1.82) is 0 Å². The van der Waals surface area contributed by atoms with Gasteiger partial charge in [0.1, 0.15) is 0 Å². The second-order valence-electron chi connectivity index (χ2n) is 3.90. The third-order valence-corrected chi connectivity index (χ3v) is 8.57. The highest BCUT2D eigenvalue weighted by Gasteiger charge is 2.27. The van der Waals surface area contributed by atoms with Crippen LogP contribution in [0.15, 0.2) is 0 Å². The highest BCUT2D eigenvalue weighted by atomic mass is 28.3. The van der Waals surface area contributed by atoms with Crippen molar-refractivity contribution < 1.29 is 0 Å². The Morgan fingerprint density at radius 1 is 0.833 bits per heavy atom. The van der Waals surface area contributed by atoms with Gasteiger partial charge >= 0.3 is 0 Å². The number of hydrogen-bond acceptors (Lipinski definition) is 0. The van der Waals surface area contributed by atoms with Gasteiger partial charge in [-0.1, -0.05) is 65.1 Å². The van der Waals surface area contributed by atoms with Crippen molar-refractivity contribution in [1.82, 2.24) is 0 Å². The molecular formula is C11H25Si. The van der Waals surface area contributed by atoms with Crippen molar-refractivity contribution in [2.75, 3.05) is 0 Å². The SMILES string of the molecule is C[CH][Si](CCC)(CCC)CCC. The Labute approximate surface area is 79.8 Å². The molecule has 1 radical (unpaired) electrons. The van der Waals surface area contributed by atoms with E-state index in [-0.39, 0.29) is 0 Å². The Balaban J connectivity index is 4.06. The van der Waals surface area contributed by atoms with E-state index in [9.17, 15) is 0 Å². The molecule has 0 aliphatic carbocycles. The molecule has 12 heavy (non-hydrogen) atoms. The molecule has 0 aromatic rings. The van der Waals surface area contributed by atoms with Crippen LogP contribution in [0.2, 0.25) is 18.1 Å². The summed E-state index contributed by atoms with van der Waals surface area (Å²) in [5, 5.41) is 0. The highest BCUT2D eigenvalue weighted by molar-refractivity contribution is 6.83. The van der Waals surface area contributed by atoms with Gasteiger partial charge in [0.25, 0.3) is 0 Å². The van der Waals surface area contributed by atoms with E-state index in [1.165, 1.54) is 37.4 Å². The maximum absolute atomic E-state index is 2.59. The lowest BCUT2D eigenvalue weighted by Gasteiger charge is -2.29. The molecule has 0 aliphatic heterocycles. The molecular weight excluding hydrogens is 160 g/mol. The molecule has 0 aromatic carbocycles. The van der Waals surface area contributed by atoms with Gasteiger partial charge in [0.05, 0.1) is 8.07 Å².